The second-order valence-corrected chi connectivity index (χ2v) is 5.82. The van der Waals surface area contributed by atoms with E-state index in [2.05, 4.69) is 0 Å². The summed E-state index contributed by atoms with van der Waals surface area (Å²) in [5.74, 6) is -1.04. The molecular formula is C12H20O5. The van der Waals surface area contributed by atoms with E-state index in [0.717, 1.165) is 6.42 Å². The molecule has 0 radical (unpaired) electrons. The zero-order valence-corrected chi connectivity index (χ0v) is 10.8. The van der Waals surface area contributed by atoms with Crippen molar-refractivity contribution in [3.05, 3.63) is 0 Å². The van der Waals surface area contributed by atoms with Gasteiger partial charge in [0.25, 0.3) is 0 Å². The molecule has 3 rings (SSSR count). The summed E-state index contributed by atoms with van der Waals surface area (Å²) >= 11 is 0. The van der Waals surface area contributed by atoms with Gasteiger partial charge in [0, 0.05) is 6.42 Å². The molecule has 3 heterocycles. The van der Waals surface area contributed by atoms with Gasteiger partial charge in [0.05, 0.1) is 12.7 Å². The van der Waals surface area contributed by atoms with Gasteiger partial charge in [-0.2, -0.15) is 0 Å². The van der Waals surface area contributed by atoms with E-state index in [1.165, 1.54) is 0 Å². The summed E-state index contributed by atoms with van der Waals surface area (Å²) in [4.78, 5) is 0. The van der Waals surface area contributed by atoms with Crippen LogP contribution in [0.4, 0.5) is 0 Å². The standard InChI is InChI=1S/C12H20O5/c1-11(2)13-6-9(16-11)7-5-8-10(14-7)17-12(3,4)15-8/h7-10H,5-6H2,1-4H3/t7-,8?,9?,10+/m0/s1. The van der Waals surface area contributed by atoms with Crippen molar-refractivity contribution in [2.24, 2.45) is 0 Å². The lowest BCUT2D eigenvalue weighted by Gasteiger charge is -2.23. The summed E-state index contributed by atoms with van der Waals surface area (Å²) in [6.07, 6.45) is 0.538. The Kier molecular flexibility index (Phi) is 2.55. The Morgan fingerprint density at radius 3 is 2.12 bits per heavy atom. The van der Waals surface area contributed by atoms with Gasteiger partial charge in [-0.05, 0) is 27.7 Å². The van der Waals surface area contributed by atoms with E-state index in [-0.39, 0.29) is 24.6 Å². The van der Waals surface area contributed by atoms with E-state index in [0.29, 0.717) is 6.61 Å². The van der Waals surface area contributed by atoms with Gasteiger partial charge in [-0.1, -0.05) is 0 Å². The monoisotopic (exact) mass is 244 g/mol. The number of hydrogen-bond donors (Lipinski definition) is 0. The van der Waals surface area contributed by atoms with Gasteiger partial charge in [0.15, 0.2) is 17.9 Å². The first-order valence-electron chi connectivity index (χ1n) is 6.18. The summed E-state index contributed by atoms with van der Waals surface area (Å²) in [5.41, 5.74) is 0. The fourth-order valence-electron chi connectivity index (χ4n) is 2.67. The molecule has 2 unspecified atom stereocenters. The minimum atomic E-state index is -0.535. The largest absolute Gasteiger partial charge is 0.348 e. The van der Waals surface area contributed by atoms with Gasteiger partial charge in [-0.3, -0.25) is 0 Å². The van der Waals surface area contributed by atoms with Crippen LogP contribution in [0.3, 0.4) is 0 Å². The average molecular weight is 244 g/mol. The van der Waals surface area contributed by atoms with Crippen molar-refractivity contribution < 1.29 is 23.7 Å². The molecule has 17 heavy (non-hydrogen) atoms. The van der Waals surface area contributed by atoms with E-state index in [9.17, 15) is 0 Å². The lowest BCUT2D eigenvalue weighted by molar-refractivity contribution is -0.220. The summed E-state index contributed by atoms with van der Waals surface area (Å²) in [6, 6.07) is 0. The van der Waals surface area contributed by atoms with Crippen molar-refractivity contribution in [3.8, 4) is 0 Å². The maximum absolute atomic E-state index is 5.85. The summed E-state index contributed by atoms with van der Waals surface area (Å²) in [6.45, 7) is 8.21. The smallest absolute Gasteiger partial charge is 0.187 e. The van der Waals surface area contributed by atoms with Gasteiger partial charge in [0.1, 0.15) is 12.2 Å². The van der Waals surface area contributed by atoms with Crippen molar-refractivity contribution in [1.82, 2.24) is 0 Å². The fraction of sp³-hybridized carbons (Fsp3) is 1.00. The summed E-state index contributed by atoms with van der Waals surface area (Å²) in [5, 5.41) is 0. The van der Waals surface area contributed by atoms with Crippen LogP contribution in [0.15, 0.2) is 0 Å². The van der Waals surface area contributed by atoms with Crippen LogP contribution in [0.2, 0.25) is 0 Å². The Balaban J connectivity index is 1.60. The predicted molar refractivity (Wildman–Crippen MR) is 58.2 cm³/mol. The third kappa shape index (κ3) is 2.22. The normalized spacial score (nSPS) is 47.3. The lowest BCUT2D eigenvalue weighted by atomic mass is 10.1. The molecule has 4 atom stereocenters. The van der Waals surface area contributed by atoms with Crippen molar-refractivity contribution in [1.29, 1.82) is 0 Å². The highest BCUT2D eigenvalue weighted by Crippen LogP contribution is 2.40. The van der Waals surface area contributed by atoms with Crippen LogP contribution in [0.1, 0.15) is 34.1 Å². The molecule has 5 nitrogen and oxygen atoms in total. The van der Waals surface area contributed by atoms with Gasteiger partial charge in [-0.25, -0.2) is 0 Å². The van der Waals surface area contributed by atoms with Crippen LogP contribution in [0.25, 0.3) is 0 Å². The quantitative estimate of drug-likeness (QED) is 0.697. The minimum absolute atomic E-state index is 0.00266. The molecule has 3 fully saturated rings. The molecule has 0 spiro atoms. The Hall–Kier alpha value is -0.200. The minimum Gasteiger partial charge on any atom is -0.348 e. The molecule has 5 heteroatoms. The van der Waals surface area contributed by atoms with E-state index in [1.807, 2.05) is 27.7 Å². The molecule has 0 N–H and O–H groups in total. The molecule has 98 valence electrons. The summed E-state index contributed by atoms with van der Waals surface area (Å²) < 4.78 is 28.6. The number of hydrogen-bond acceptors (Lipinski definition) is 5. The second-order valence-electron chi connectivity index (χ2n) is 5.82. The molecule has 0 saturated carbocycles. The van der Waals surface area contributed by atoms with E-state index < -0.39 is 11.6 Å². The Morgan fingerprint density at radius 2 is 1.53 bits per heavy atom. The van der Waals surface area contributed by atoms with Crippen molar-refractivity contribution in [2.75, 3.05) is 6.61 Å². The van der Waals surface area contributed by atoms with E-state index >= 15 is 0 Å². The Bertz CT molecular complexity index is 298. The average Bonchev–Trinajstić information content (AvgIpc) is 2.75. The lowest BCUT2D eigenvalue weighted by Crippen LogP contribution is -2.33. The predicted octanol–water partition coefficient (Wildman–Crippen LogP) is 1.40. The van der Waals surface area contributed by atoms with Crippen LogP contribution in [-0.2, 0) is 23.7 Å². The summed E-state index contributed by atoms with van der Waals surface area (Å²) in [7, 11) is 0. The Labute approximate surface area is 101 Å². The topological polar surface area (TPSA) is 46.2 Å². The first-order valence-corrected chi connectivity index (χ1v) is 6.18. The zero-order chi connectivity index (χ0) is 12.3. The van der Waals surface area contributed by atoms with E-state index in [4.69, 9.17) is 23.7 Å². The molecule has 3 aliphatic rings. The van der Waals surface area contributed by atoms with Crippen LogP contribution in [0.5, 0.6) is 0 Å². The Morgan fingerprint density at radius 1 is 0.824 bits per heavy atom. The van der Waals surface area contributed by atoms with Crippen LogP contribution >= 0.6 is 0 Å². The number of ether oxygens (including phenoxy) is 5. The molecule has 3 aliphatic heterocycles. The van der Waals surface area contributed by atoms with Gasteiger partial charge in [0.2, 0.25) is 0 Å². The molecule has 0 aliphatic carbocycles. The van der Waals surface area contributed by atoms with Crippen molar-refractivity contribution in [3.63, 3.8) is 0 Å². The molecule has 3 saturated heterocycles. The molecular weight excluding hydrogens is 224 g/mol. The zero-order valence-electron chi connectivity index (χ0n) is 10.8. The molecule has 0 aromatic carbocycles. The molecule has 0 bridgehead atoms. The second kappa shape index (κ2) is 3.65. The SMILES string of the molecule is CC1(C)OCC([C@@H]2CC3OC(C)(C)O[C@H]3O2)O1. The fourth-order valence-corrected chi connectivity index (χ4v) is 2.67. The van der Waals surface area contributed by atoms with E-state index in [1.54, 1.807) is 0 Å². The first kappa shape index (κ1) is 11.9. The third-order valence-electron chi connectivity index (χ3n) is 3.36. The van der Waals surface area contributed by atoms with Gasteiger partial charge >= 0.3 is 0 Å². The maximum atomic E-state index is 5.85. The van der Waals surface area contributed by atoms with Crippen molar-refractivity contribution in [2.45, 2.75) is 70.3 Å². The van der Waals surface area contributed by atoms with Crippen LogP contribution in [-0.4, -0.2) is 42.8 Å². The maximum Gasteiger partial charge on any atom is 0.187 e. The first-order chi connectivity index (χ1) is 7.85. The highest BCUT2D eigenvalue weighted by molar-refractivity contribution is 4.90. The molecule has 0 aromatic rings. The van der Waals surface area contributed by atoms with Crippen LogP contribution in [0, 0.1) is 0 Å². The van der Waals surface area contributed by atoms with Gasteiger partial charge in [-0.15, -0.1) is 0 Å². The molecule has 0 amide bonds. The number of fused-ring (bicyclic) bond motifs is 1. The third-order valence-corrected chi connectivity index (χ3v) is 3.36. The number of rotatable bonds is 1. The van der Waals surface area contributed by atoms with Crippen LogP contribution < -0.4 is 0 Å². The molecule has 0 aromatic heterocycles. The van der Waals surface area contributed by atoms with Crippen molar-refractivity contribution >= 4 is 0 Å². The highest BCUT2D eigenvalue weighted by Gasteiger charge is 2.52. The highest BCUT2D eigenvalue weighted by atomic mass is 16.8. The van der Waals surface area contributed by atoms with Gasteiger partial charge < -0.3 is 23.7 Å².